The molecule has 0 saturated heterocycles. The summed E-state index contributed by atoms with van der Waals surface area (Å²) in [4.78, 5) is 23.2. The maximum absolute atomic E-state index is 11.9. The largest absolute Gasteiger partial charge is 0.376 e. The van der Waals surface area contributed by atoms with Gasteiger partial charge in [0.25, 0.3) is 0 Å². The molecule has 4 nitrogen and oxygen atoms in total. The van der Waals surface area contributed by atoms with Crippen molar-refractivity contribution in [3.63, 3.8) is 0 Å². The van der Waals surface area contributed by atoms with E-state index in [1.807, 2.05) is 18.2 Å². The highest BCUT2D eigenvalue weighted by molar-refractivity contribution is 5.98. The zero-order chi connectivity index (χ0) is 15.9. The van der Waals surface area contributed by atoms with Crippen molar-refractivity contribution in [1.82, 2.24) is 0 Å². The minimum absolute atomic E-state index is 0.0414. The van der Waals surface area contributed by atoms with Gasteiger partial charge in [0.15, 0.2) is 5.78 Å². The third-order valence-corrected chi connectivity index (χ3v) is 3.04. The van der Waals surface area contributed by atoms with E-state index in [-0.39, 0.29) is 18.2 Å². The minimum atomic E-state index is -0.202. The Hall–Kier alpha value is -3.06. The van der Waals surface area contributed by atoms with Crippen LogP contribution in [0.25, 0.3) is 0 Å². The first-order valence-electron chi connectivity index (χ1n) is 6.80. The molecule has 0 spiro atoms. The molecular weight excluding hydrogens is 276 g/mol. The van der Waals surface area contributed by atoms with Crippen molar-refractivity contribution < 1.29 is 9.59 Å². The van der Waals surface area contributed by atoms with Crippen molar-refractivity contribution >= 4 is 23.1 Å². The monoisotopic (exact) mass is 292 g/mol. The van der Waals surface area contributed by atoms with Crippen molar-refractivity contribution in [1.29, 1.82) is 0 Å². The predicted octanol–water partition coefficient (Wildman–Crippen LogP) is 2.92. The van der Waals surface area contributed by atoms with Crippen molar-refractivity contribution in [2.24, 2.45) is 0 Å². The number of benzene rings is 2. The van der Waals surface area contributed by atoms with E-state index in [0.29, 0.717) is 11.3 Å². The first-order valence-corrected chi connectivity index (χ1v) is 6.80. The molecule has 0 unspecified atom stereocenters. The third kappa shape index (κ3) is 4.22. The summed E-state index contributed by atoms with van der Waals surface area (Å²) in [6.45, 7) is 1.60. The minimum Gasteiger partial charge on any atom is -0.376 e. The van der Waals surface area contributed by atoms with E-state index in [1.54, 1.807) is 30.3 Å². The van der Waals surface area contributed by atoms with Gasteiger partial charge in [-0.25, -0.2) is 0 Å². The van der Waals surface area contributed by atoms with Crippen LogP contribution in [0.1, 0.15) is 22.8 Å². The van der Waals surface area contributed by atoms with Gasteiger partial charge in [0, 0.05) is 22.5 Å². The number of anilines is 2. The lowest BCUT2D eigenvalue weighted by molar-refractivity contribution is -0.114. The topological polar surface area (TPSA) is 58.2 Å². The molecule has 22 heavy (non-hydrogen) atoms. The van der Waals surface area contributed by atoms with Gasteiger partial charge in [0.05, 0.1) is 6.54 Å². The van der Waals surface area contributed by atoms with Crippen LogP contribution in [0.4, 0.5) is 11.4 Å². The number of Topliss-reactive ketones (excluding diaryl/α,β-unsaturated/α-hetero) is 1. The molecule has 0 aromatic heterocycles. The zero-order valence-electron chi connectivity index (χ0n) is 12.2. The number of rotatable bonds is 5. The summed E-state index contributed by atoms with van der Waals surface area (Å²) in [7, 11) is 0. The van der Waals surface area contributed by atoms with Crippen LogP contribution in [0, 0.1) is 12.3 Å². The normalized spacial score (nSPS) is 9.64. The molecule has 0 heterocycles. The molecular formula is C18H16N2O2. The van der Waals surface area contributed by atoms with E-state index in [9.17, 15) is 9.59 Å². The molecule has 0 aliphatic carbocycles. The molecule has 0 aliphatic rings. The molecule has 2 N–H and O–H groups in total. The molecule has 2 aromatic carbocycles. The lowest BCUT2D eigenvalue weighted by Gasteiger charge is -2.09. The van der Waals surface area contributed by atoms with Crippen molar-refractivity contribution in [3.8, 4) is 12.3 Å². The second-order valence-electron chi connectivity index (χ2n) is 4.76. The zero-order valence-corrected chi connectivity index (χ0v) is 12.2. The summed E-state index contributed by atoms with van der Waals surface area (Å²) in [6.07, 6.45) is 5.33. The van der Waals surface area contributed by atoms with Gasteiger partial charge in [-0.2, -0.15) is 0 Å². The molecule has 0 atom stereocenters. The average Bonchev–Trinajstić information content (AvgIpc) is 2.53. The number of carbonyl (C=O) groups is 2. The highest BCUT2D eigenvalue weighted by atomic mass is 16.2. The number of ketones is 1. The number of hydrogen-bond acceptors (Lipinski definition) is 3. The van der Waals surface area contributed by atoms with Crippen LogP contribution >= 0.6 is 0 Å². The Morgan fingerprint density at radius 3 is 2.55 bits per heavy atom. The van der Waals surface area contributed by atoms with Crippen LogP contribution in [-0.2, 0) is 4.79 Å². The summed E-state index contributed by atoms with van der Waals surface area (Å²) < 4.78 is 0. The highest BCUT2D eigenvalue weighted by Crippen LogP contribution is 2.12. The number of nitrogens with one attached hydrogen (secondary N) is 2. The molecule has 0 bridgehead atoms. The molecule has 4 heteroatoms. The Labute approximate surface area is 129 Å². The van der Waals surface area contributed by atoms with Crippen LogP contribution in [0.15, 0.2) is 48.5 Å². The van der Waals surface area contributed by atoms with E-state index < -0.39 is 0 Å². The summed E-state index contributed by atoms with van der Waals surface area (Å²) in [6, 6.07) is 14.1. The Morgan fingerprint density at radius 1 is 1.09 bits per heavy atom. The lowest BCUT2D eigenvalue weighted by Crippen LogP contribution is -2.21. The SMILES string of the molecule is C#Cc1cccc(NCC(=O)Nc2cccc(C(C)=O)c2)c1. The van der Waals surface area contributed by atoms with Crippen LogP contribution in [0.3, 0.4) is 0 Å². The molecule has 0 saturated carbocycles. The molecule has 0 aliphatic heterocycles. The van der Waals surface area contributed by atoms with Gasteiger partial charge in [-0.05, 0) is 37.3 Å². The Morgan fingerprint density at radius 2 is 1.82 bits per heavy atom. The van der Waals surface area contributed by atoms with Crippen LogP contribution in [-0.4, -0.2) is 18.2 Å². The Balaban J connectivity index is 1.94. The van der Waals surface area contributed by atoms with E-state index in [1.165, 1.54) is 6.92 Å². The smallest absolute Gasteiger partial charge is 0.243 e. The van der Waals surface area contributed by atoms with Gasteiger partial charge >= 0.3 is 0 Å². The van der Waals surface area contributed by atoms with E-state index >= 15 is 0 Å². The highest BCUT2D eigenvalue weighted by Gasteiger charge is 2.05. The molecule has 2 aromatic rings. The van der Waals surface area contributed by atoms with Gasteiger partial charge in [0.2, 0.25) is 5.91 Å². The van der Waals surface area contributed by atoms with Gasteiger partial charge in [-0.15, -0.1) is 6.42 Å². The predicted molar refractivity (Wildman–Crippen MR) is 87.9 cm³/mol. The fourth-order valence-electron chi connectivity index (χ4n) is 1.92. The van der Waals surface area contributed by atoms with Gasteiger partial charge < -0.3 is 10.6 Å². The van der Waals surface area contributed by atoms with E-state index in [2.05, 4.69) is 16.6 Å². The van der Waals surface area contributed by atoms with Gasteiger partial charge in [-0.3, -0.25) is 9.59 Å². The van der Waals surface area contributed by atoms with Crippen molar-refractivity contribution in [3.05, 3.63) is 59.7 Å². The summed E-state index contributed by atoms with van der Waals surface area (Å²) >= 11 is 0. The van der Waals surface area contributed by atoms with Crippen molar-refractivity contribution in [2.75, 3.05) is 17.2 Å². The first kappa shape index (κ1) is 15.3. The number of carbonyl (C=O) groups excluding carboxylic acids is 2. The molecule has 0 fully saturated rings. The number of amides is 1. The Kier molecular flexibility index (Phi) is 4.94. The van der Waals surface area contributed by atoms with Crippen LogP contribution < -0.4 is 10.6 Å². The lowest BCUT2D eigenvalue weighted by atomic mass is 10.1. The number of hydrogen-bond donors (Lipinski definition) is 2. The maximum atomic E-state index is 11.9. The molecule has 1 amide bonds. The standard InChI is InChI=1S/C18H16N2O2/c1-3-14-6-4-8-16(10-14)19-12-18(22)20-17-9-5-7-15(11-17)13(2)21/h1,4-11,19H,12H2,2H3,(H,20,22). The van der Waals surface area contributed by atoms with Gasteiger partial charge in [-0.1, -0.05) is 24.1 Å². The number of terminal acetylenes is 1. The fourth-order valence-corrected chi connectivity index (χ4v) is 1.92. The Bertz CT molecular complexity index is 745. The van der Waals surface area contributed by atoms with Gasteiger partial charge in [0.1, 0.15) is 0 Å². The maximum Gasteiger partial charge on any atom is 0.243 e. The second kappa shape index (κ2) is 7.09. The summed E-state index contributed by atoms with van der Waals surface area (Å²) in [5.41, 5.74) is 2.69. The van der Waals surface area contributed by atoms with Crippen LogP contribution in [0.2, 0.25) is 0 Å². The molecule has 2 rings (SSSR count). The fraction of sp³-hybridized carbons (Fsp3) is 0.111. The third-order valence-electron chi connectivity index (χ3n) is 3.04. The van der Waals surface area contributed by atoms with E-state index in [4.69, 9.17) is 6.42 Å². The summed E-state index contributed by atoms with van der Waals surface area (Å²) in [5, 5.41) is 5.74. The summed E-state index contributed by atoms with van der Waals surface area (Å²) in [5.74, 6) is 2.30. The van der Waals surface area contributed by atoms with Crippen molar-refractivity contribution in [2.45, 2.75) is 6.92 Å². The first-order chi connectivity index (χ1) is 10.6. The van der Waals surface area contributed by atoms with Crippen LogP contribution in [0.5, 0.6) is 0 Å². The second-order valence-corrected chi connectivity index (χ2v) is 4.76. The molecule has 0 radical (unpaired) electrons. The molecule has 110 valence electrons. The van der Waals surface area contributed by atoms with E-state index in [0.717, 1.165) is 11.3 Å². The quantitative estimate of drug-likeness (QED) is 0.658. The average molecular weight is 292 g/mol.